The van der Waals surface area contributed by atoms with E-state index in [1.165, 1.54) is 19.1 Å². The Morgan fingerprint density at radius 3 is 2.22 bits per heavy atom. The summed E-state index contributed by atoms with van der Waals surface area (Å²) in [7, 11) is 1.61. The Balaban J connectivity index is 2.03. The van der Waals surface area contributed by atoms with E-state index in [4.69, 9.17) is 33.3 Å². The summed E-state index contributed by atoms with van der Waals surface area (Å²) in [6.45, 7) is 14.3. The summed E-state index contributed by atoms with van der Waals surface area (Å²) in [5.41, 5.74) is 0. The Kier molecular flexibility index (Phi) is 12.3. The number of rotatable bonds is 15. The second kappa shape index (κ2) is 14.2. The van der Waals surface area contributed by atoms with Crippen molar-refractivity contribution < 1.29 is 37.6 Å². The van der Waals surface area contributed by atoms with Gasteiger partial charge in [-0.2, -0.15) is 5.26 Å². The zero-order chi connectivity index (χ0) is 27.9. The van der Waals surface area contributed by atoms with Gasteiger partial charge in [0.05, 0.1) is 43.8 Å². The molecule has 0 aromatic heterocycles. The number of carbonyl (C=O) groups is 2. The van der Waals surface area contributed by atoms with Crippen molar-refractivity contribution >= 4 is 20.3 Å². The SMILES string of the molecule is COC(C1OC(C)(OC)OC1C)C1C(=O)N(CCCOP(OCCC#N)N(C(C)C)C(C)C)C(=O)C1C. The maximum absolute atomic E-state index is 13.4. The molecule has 0 aromatic carbocycles. The van der Waals surface area contributed by atoms with Crippen LogP contribution in [-0.2, 0) is 37.6 Å². The smallest absolute Gasteiger partial charge is 0.280 e. The van der Waals surface area contributed by atoms with E-state index in [1.807, 2.05) is 6.92 Å². The van der Waals surface area contributed by atoms with Crippen molar-refractivity contribution in [2.45, 2.75) is 97.7 Å². The van der Waals surface area contributed by atoms with Gasteiger partial charge in [-0.3, -0.25) is 14.5 Å². The normalized spacial score (nSPS) is 30.1. The van der Waals surface area contributed by atoms with E-state index in [9.17, 15) is 9.59 Å². The third-order valence-corrected chi connectivity index (χ3v) is 8.78. The van der Waals surface area contributed by atoms with Crippen LogP contribution < -0.4 is 0 Å². The summed E-state index contributed by atoms with van der Waals surface area (Å²) in [5.74, 6) is -3.02. The monoisotopic (exact) mass is 545 g/mol. The Labute approximate surface area is 222 Å². The van der Waals surface area contributed by atoms with Crippen molar-refractivity contribution in [1.29, 1.82) is 5.26 Å². The van der Waals surface area contributed by atoms with Crippen LogP contribution in [0.25, 0.3) is 0 Å². The molecule has 0 aliphatic carbocycles. The fourth-order valence-electron chi connectivity index (χ4n) is 4.92. The lowest BCUT2D eigenvalue weighted by atomic mass is 9.87. The first-order chi connectivity index (χ1) is 17.4. The average Bonchev–Trinajstić information content (AvgIpc) is 3.25. The maximum atomic E-state index is 13.4. The molecule has 0 bridgehead atoms. The molecule has 37 heavy (non-hydrogen) atoms. The number of hydrogen-bond acceptors (Lipinski definition) is 10. The number of carbonyl (C=O) groups excluding carboxylic acids is 2. The molecule has 2 rings (SSSR count). The summed E-state index contributed by atoms with van der Waals surface area (Å²) in [5, 5.41) is 8.87. The first kappa shape index (κ1) is 32.0. The Bertz CT molecular complexity index is 801. The number of likely N-dealkylation sites (tertiary alicyclic amines) is 1. The minimum Gasteiger partial charge on any atom is -0.378 e. The van der Waals surface area contributed by atoms with Crippen LogP contribution in [0.15, 0.2) is 0 Å². The van der Waals surface area contributed by atoms with Crippen molar-refractivity contribution in [3.63, 3.8) is 0 Å². The summed E-state index contributed by atoms with van der Waals surface area (Å²) in [6.07, 6.45) is -0.903. The molecule has 7 unspecified atom stereocenters. The van der Waals surface area contributed by atoms with E-state index >= 15 is 0 Å². The Hall–Kier alpha value is -1.22. The molecule has 0 spiro atoms. The van der Waals surface area contributed by atoms with Crippen LogP contribution in [0.2, 0.25) is 0 Å². The lowest BCUT2D eigenvalue weighted by molar-refractivity contribution is -0.321. The molecule has 2 aliphatic heterocycles. The van der Waals surface area contributed by atoms with Gasteiger partial charge in [-0.1, -0.05) is 6.92 Å². The van der Waals surface area contributed by atoms with Gasteiger partial charge in [0.15, 0.2) is 0 Å². The lowest BCUT2D eigenvalue weighted by Gasteiger charge is -2.35. The molecule has 11 nitrogen and oxygen atoms in total. The molecule has 2 aliphatic rings. The van der Waals surface area contributed by atoms with Gasteiger partial charge in [0.25, 0.3) is 14.5 Å². The second-order valence-electron chi connectivity index (χ2n) is 10.0. The zero-order valence-electron chi connectivity index (χ0n) is 23.6. The summed E-state index contributed by atoms with van der Waals surface area (Å²) < 4.78 is 36.9. The van der Waals surface area contributed by atoms with Gasteiger partial charge in [0.2, 0.25) is 11.8 Å². The first-order valence-electron chi connectivity index (χ1n) is 12.9. The minimum absolute atomic E-state index is 0.187. The van der Waals surface area contributed by atoms with Gasteiger partial charge in [-0.05, 0) is 41.0 Å². The average molecular weight is 546 g/mol. The van der Waals surface area contributed by atoms with E-state index in [0.29, 0.717) is 13.0 Å². The molecule has 0 radical (unpaired) electrons. The molecule has 0 saturated carbocycles. The van der Waals surface area contributed by atoms with Crippen LogP contribution in [-0.4, -0.2) is 91.7 Å². The van der Waals surface area contributed by atoms with Crippen LogP contribution in [0.5, 0.6) is 0 Å². The van der Waals surface area contributed by atoms with Crippen molar-refractivity contribution in [2.75, 3.05) is 34.0 Å². The van der Waals surface area contributed by atoms with Crippen LogP contribution >= 0.6 is 8.53 Å². The molecule has 7 atom stereocenters. The quantitative estimate of drug-likeness (QED) is 0.172. The lowest BCUT2D eigenvalue weighted by Crippen LogP contribution is -2.45. The molecular formula is C25H44N3O8P. The van der Waals surface area contributed by atoms with Gasteiger partial charge in [0, 0.05) is 45.7 Å². The highest BCUT2D eigenvalue weighted by molar-refractivity contribution is 7.44. The molecule has 12 heteroatoms. The van der Waals surface area contributed by atoms with Gasteiger partial charge >= 0.3 is 0 Å². The van der Waals surface area contributed by atoms with Crippen LogP contribution in [0.3, 0.4) is 0 Å². The number of amides is 2. The van der Waals surface area contributed by atoms with Gasteiger partial charge in [-0.15, -0.1) is 0 Å². The van der Waals surface area contributed by atoms with Crippen molar-refractivity contribution in [3.05, 3.63) is 0 Å². The van der Waals surface area contributed by atoms with Gasteiger partial charge in [0.1, 0.15) is 6.10 Å². The van der Waals surface area contributed by atoms with Crippen LogP contribution in [0, 0.1) is 23.2 Å². The molecule has 0 aromatic rings. The van der Waals surface area contributed by atoms with Crippen LogP contribution in [0.1, 0.15) is 61.3 Å². The highest BCUT2D eigenvalue weighted by Gasteiger charge is 2.55. The van der Waals surface area contributed by atoms with Crippen molar-refractivity contribution in [2.24, 2.45) is 11.8 Å². The van der Waals surface area contributed by atoms with E-state index in [0.717, 1.165) is 0 Å². The largest absolute Gasteiger partial charge is 0.378 e. The summed E-state index contributed by atoms with van der Waals surface area (Å²) >= 11 is 0. The van der Waals surface area contributed by atoms with Crippen LogP contribution in [0.4, 0.5) is 0 Å². The fourth-order valence-corrected chi connectivity index (χ4v) is 6.55. The third-order valence-electron chi connectivity index (χ3n) is 6.67. The molecule has 2 heterocycles. The standard InChI is InChI=1S/C25H44N3O8P/c1-16(2)28(17(3)4)37(33-14-10-12-26)34-15-11-13-27-23(29)18(5)20(24(27)30)22(31-8)21-19(6)35-25(7,32-9)36-21/h16-22H,10-11,13-15H2,1-9H3. The number of hydrogen-bond donors (Lipinski definition) is 0. The number of nitrogens with zero attached hydrogens (tertiary/aromatic N) is 3. The molecule has 2 amide bonds. The first-order valence-corrected chi connectivity index (χ1v) is 14.0. The van der Waals surface area contributed by atoms with E-state index in [2.05, 4.69) is 38.4 Å². The fraction of sp³-hybridized carbons (Fsp3) is 0.880. The number of imide groups is 1. The van der Waals surface area contributed by atoms with E-state index in [1.54, 1.807) is 13.8 Å². The van der Waals surface area contributed by atoms with Gasteiger partial charge < -0.3 is 28.0 Å². The summed E-state index contributed by atoms with van der Waals surface area (Å²) in [4.78, 5) is 27.8. The number of nitriles is 1. The number of methoxy groups -OCH3 is 2. The summed E-state index contributed by atoms with van der Waals surface area (Å²) in [6, 6.07) is 2.46. The van der Waals surface area contributed by atoms with E-state index in [-0.39, 0.29) is 43.5 Å². The predicted molar refractivity (Wildman–Crippen MR) is 137 cm³/mol. The van der Waals surface area contributed by atoms with E-state index < -0.39 is 44.6 Å². The number of ether oxygens (including phenoxy) is 4. The molecule has 212 valence electrons. The van der Waals surface area contributed by atoms with Crippen molar-refractivity contribution in [3.8, 4) is 6.07 Å². The second-order valence-corrected chi connectivity index (χ2v) is 11.5. The minimum atomic E-state index is -1.38. The maximum Gasteiger partial charge on any atom is 0.280 e. The highest BCUT2D eigenvalue weighted by atomic mass is 31.2. The van der Waals surface area contributed by atoms with Gasteiger partial charge in [-0.25, -0.2) is 4.67 Å². The third kappa shape index (κ3) is 7.68. The topological polar surface area (TPSA) is 120 Å². The highest BCUT2D eigenvalue weighted by Crippen LogP contribution is 2.46. The molecule has 2 fully saturated rings. The molecule has 2 saturated heterocycles. The Morgan fingerprint density at radius 2 is 1.70 bits per heavy atom. The molecular weight excluding hydrogens is 501 g/mol. The predicted octanol–water partition coefficient (Wildman–Crippen LogP) is 3.43. The van der Waals surface area contributed by atoms with Crippen molar-refractivity contribution in [1.82, 2.24) is 9.57 Å². The molecule has 0 N–H and O–H groups in total. The Morgan fingerprint density at radius 1 is 1.08 bits per heavy atom. The zero-order valence-corrected chi connectivity index (χ0v) is 24.5.